The van der Waals surface area contributed by atoms with Crippen molar-refractivity contribution in [3.63, 3.8) is 0 Å². The molecule has 4 heterocycles. The highest BCUT2D eigenvalue weighted by atomic mass is 32.1. The van der Waals surface area contributed by atoms with Crippen molar-refractivity contribution in [3.8, 4) is 28.5 Å². The van der Waals surface area contributed by atoms with Gasteiger partial charge in [-0.1, -0.05) is 85.0 Å². The van der Waals surface area contributed by atoms with Gasteiger partial charge in [0.15, 0.2) is 17.5 Å². The summed E-state index contributed by atoms with van der Waals surface area (Å²) in [6, 6.07) is 38.0. The molecule has 0 spiro atoms. The van der Waals surface area contributed by atoms with Gasteiger partial charge in [-0.25, -0.2) is 19.9 Å². The van der Waals surface area contributed by atoms with Crippen LogP contribution in [0, 0.1) is 0 Å². The minimum absolute atomic E-state index is 0.660. The van der Waals surface area contributed by atoms with Crippen LogP contribution in [0.1, 0.15) is 18.7 Å². The highest BCUT2D eigenvalue weighted by molar-refractivity contribution is 7.25. The normalized spacial score (nSPS) is 13.3. The fraction of sp³-hybridized carbons (Fsp3) is 0.0526. The number of fused-ring (bicyclic) bond motifs is 6. The second kappa shape index (κ2) is 10.1. The van der Waals surface area contributed by atoms with Gasteiger partial charge in [0.2, 0.25) is 0 Å². The SMILES string of the molecule is C1=CC(c2nc(-c3ccccc3)nc(-c3ccc(-n4c5ccccc5c5cc6c(nc54)sc4ccccc46)cc3)n2)=CCC1. The third-order valence-corrected chi connectivity index (χ3v) is 9.38. The molecule has 44 heavy (non-hydrogen) atoms. The number of allylic oxidation sites excluding steroid dienone is 4. The Balaban J connectivity index is 1.20. The summed E-state index contributed by atoms with van der Waals surface area (Å²) in [6.07, 6.45) is 8.54. The van der Waals surface area contributed by atoms with Gasteiger partial charge in [-0.2, -0.15) is 0 Å². The van der Waals surface area contributed by atoms with Crippen LogP contribution in [0.2, 0.25) is 0 Å². The van der Waals surface area contributed by atoms with Crippen LogP contribution in [-0.4, -0.2) is 24.5 Å². The van der Waals surface area contributed by atoms with Gasteiger partial charge in [0.1, 0.15) is 10.5 Å². The number of hydrogen-bond acceptors (Lipinski definition) is 5. The van der Waals surface area contributed by atoms with Crippen LogP contribution in [0.4, 0.5) is 0 Å². The summed E-state index contributed by atoms with van der Waals surface area (Å²) in [5.74, 6) is 2.04. The zero-order chi connectivity index (χ0) is 29.0. The highest BCUT2D eigenvalue weighted by Gasteiger charge is 2.18. The van der Waals surface area contributed by atoms with Crippen LogP contribution in [0.15, 0.2) is 127 Å². The highest BCUT2D eigenvalue weighted by Crippen LogP contribution is 2.38. The lowest BCUT2D eigenvalue weighted by Crippen LogP contribution is -2.03. The molecule has 4 aromatic heterocycles. The number of nitrogens with zero attached hydrogens (tertiary/aromatic N) is 5. The Morgan fingerprint density at radius 1 is 0.568 bits per heavy atom. The van der Waals surface area contributed by atoms with E-state index in [2.05, 4.69) is 102 Å². The maximum atomic E-state index is 5.25. The molecule has 208 valence electrons. The van der Waals surface area contributed by atoms with Crippen molar-refractivity contribution < 1.29 is 0 Å². The van der Waals surface area contributed by atoms with Crippen molar-refractivity contribution in [2.75, 3.05) is 0 Å². The molecule has 6 heteroatoms. The summed E-state index contributed by atoms with van der Waals surface area (Å²) in [5, 5.41) is 4.82. The molecule has 0 radical (unpaired) electrons. The van der Waals surface area contributed by atoms with Crippen LogP contribution in [0.25, 0.3) is 76.3 Å². The first kappa shape index (κ1) is 25.1. The molecule has 1 aliphatic rings. The van der Waals surface area contributed by atoms with Gasteiger partial charge in [0, 0.05) is 48.6 Å². The molecule has 0 amide bonds. The largest absolute Gasteiger partial charge is 0.294 e. The molecular weight excluding hydrogens is 559 g/mol. The lowest BCUT2D eigenvalue weighted by atomic mass is 10.1. The molecule has 0 atom stereocenters. The second-order valence-corrected chi connectivity index (χ2v) is 12.1. The molecule has 1 aliphatic carbocycles. The van der Waals surface area contributed by atoms with Crippen molar-refractivity contribution in [3.05, 3.63) is 133 Å². The van der Waals surface area contributed by atoms with Crippen molar-refractivity contribution in [1.82, 2.24) is 24.5 Å². The molecule has 8 aromatic rings. The smallest absolute Gasteiger partial charge is 0.164 e. The predicted octanol–water partition coefficient (Wildman–Crippen LogP) is 9.80. The first-order valence-electron chi connectivity index (χ1n) is 14.8. The van der Waals surface area contributed by atoms with Crippen molar-refractivity contribution >= 4 is 59.1 Å². The topological polar surface area (TPSA) is 56.5 Å². The number of pyridine rings is 1. The van der Waals surface area contributed by atoms with Crippen LogP contribution < -0.4 is 0 Å². The first-order valence-corrected chi connectivity index (χ1v) is 15.6. The van der Waals surface area contributed by atoms with Crippen molar-refractivity contribution in [2.24, 2.45) is 0 Å². The second-order valence-electron chi connectivity index (χ2n) is 11.0. The number of benzene rings is 4. The van der Waals surface area contributed by atoms with Crippen molar-refractivity contribution in [2.45, 2.75) is 12.8 Å². The fourth-order valence-electron chi connectivity index (χ4n) is 6.17. The van der Waals surface area contributed by atoms with Gasteiger partial charge in [-0.3, -0.25) is 4.57 Å². The molecule has 9 rings (SSSR count). The molecule has 0 saturated carbocycles. The number of rotatable bonds is 4. The van der Waals surface area contributed by atoms with E-state index in [1.165, 1.54) is 20.9 Å². The third-order valence-electron chi connectivity index (χ3n) is 8.30. The van der Waals surface area contributed by atoms with Gasteiger partial charge in [0.05, 0.1) is 5.52 Å². The molecule has 0 N–H and O–H groups in total. The molecule has 5 nitrogen and oxygen atoms in total. The predicted molar refractivity (Wildman–Crippen MR) is 182 cm³/mol. The monoisotopic (exact) mass is 583 g/mol. The van der Waals surface area contributed by atoms with E-state index in [4.69, 9.17) is 19.9 Å². The quantitative estimate of drug-likeness (QED) is 0.207. The van der Waals surface area contributed by atoms with Gasteiger partial charge in [-0.15, -0.1) is 11.3 Å². The van der Waals surface area contributed by atoms with Gasteiger partial charge < -0.3 is 0 Å². The van der Waals surface area contributed by atoms with Crippen LogP contribution in [-0.2, 0) is 0 Å². The molecule has 0 aliphatic heterocycles. The average Bonchev–Trinajstić information content (AvgIpc) is 3.62. The zero-order valence-electron chi connectivity index (χ0n) is 23.7. The number of thiophene rings is 1. The maximum Gasteiger partial charge on any atom is 0.164 e. The Labute approximate surface area is 257 Å². The number of para-hydroxylation sites is 1. The van der Waals surface area contributed by atoms with Gasteiger partial charge >= 0.3 is 0 Å². The van der Waals surface area contributed by atoms with Crippen LogP contribution in [0.3, 0.4) is 0 Å². The molecule has 4 aromatic carbocycles. The first-order chi connectivity index (χ1) is 21.8. The fourth-order valence-corrected chi connectivity index (χ4v) is 7.22. The Morgan fingerprint density at radius 3 is 2.07 bits per heavy atom. The molecule has 0 saturated heterocycles. The Bertz CT molecular complexity index is 2430. The molecule has 0 unspecified atom stereocenters. The van der Waals surface area contributed by atoms with E-state index < -0.39 is 0 Å². The van der Waals surface area contributed by atoms with Crippen LogP contribution >= 0.6 is 11.3 Å². The standard InChI is InChI=1S/C38H25N5S/c1-3-11-24(12-4-1)34-39-35(25-13-5-2-6-14-25)41-36(40-34)26-19-21-27(22-20-26)43-32-17-9-7-15-28(32)30-23-31-29-16-8-10-18-33(29)44-38(31)42-37(30)43/h1,3-5,7-23H,2,6H2. The minimum atomic E-state index is 0.660. The molecule has 0 bridgehead atoms. The van der Waals surface area contributed by atoms with Crippen LogP contribution in [0.5, 0.6) is 0 Å². The van der Waals surface area contributed by atoms with E-state index in [0.717, 1.165) is 56.6 Å². The Kier molecular flexibility index (Phi) is 5.74. The Morgan fingerprint density at radius 2 is 1.27 bits per heavy atom. The maximum absolute atomic E-state index is 5.25. The lowest BCUT2D eigenvalue weighted by molar-refractivity contribution is 1.01. The van der Waals surface area contributed by atoms with E-state index in [1.807, 2.05) is 30.3 Å². The average molecular weight is 584 g/mol. The van der Waals surface area contributed by atoms with E-state index in [1.54, 1.807) is 11.3 Å². The van der Waals surface area contributed by atoms with Gasteiger partial charge in [0.25, 0.3) is 0 Å². The summed E-state index contributed by atoms with van der Waals surface area (Å²) in [7, 11) is 0. The van der Waals surface area contributed by atoms with E-state index in [0.29, 0.717) is 17.5 Å². The third kappa shape index (κ3) is 4.07. The van der Waals surface area contributed by atoms with E-state index in [9.17, 15) is 0 Å². The summed E-state index contributed by atoms with van der Waals surface area (Å²) in [5.41, 5.74) is 6.09. The number of hydrogen-bond donors (Lipinski definition) is 0. The molecule has 0 fully saturated rings. The zero-order valence-corrected chi connectivity index (χ0v) is 24.5. The van der Waals surface area contributed by atoms with Crippen molar-refractivity contribution in [1.29, 1.82) is 0 Å². The summed E-state index contributed by atoms with van der Waals surface area (Å²) < 4.78 is 3.53. The van der Waals surface area contributed by atoms with E-state index >= 15 is 0 Å². The summed E-state index contributed by atoms with van der Waals surface area (Å²) in [6.45, 7) is 0. The lowest BCUT2D eigenvalue weighted by Gasteiger charge is -2.11. The van der Waals surface area contributed by atoms with E-state index in [-0.39, 0.29) is 0 Å². The molecular formula is C38H25N5S. The van der Waals surface area contributed by atoms with Gasteiger partial charge in [-0.05, 0) is 55.3 Å². The number of aromatic nitrogens is 5. The summed E-state index contributed by atoms with van der Waals surface area (Å²) in [4.78, 5) is 21.0. The summed E-state index contributed by atoms with van der Waals surface area (Å²) >= 11 is 1.75. The minimum Gasteiger partial charge on any atom is -0.294 e. The Hall–Kier alpha value is -5.46.